The van der Waals surface area contributed by atoms with Crippen molar-refractivity contribution < 1.29 is 27.1 Å². The van der Waals surface area contributed by atoms with Gasteiger partial charge in [0.15, 0.2) is 0 Å². The van der Waals surface area contributed by atoms with Gasteiger partial charge in [0, 0.05) is 6.04 Å². The molecule has 110 valence electrons. The molecule has 1 aromatic rings. The van der Waals surface area contributed by atoms with Crippen molar-refractivity contribution in [3.05, 3.63) is 35.1 Å². The highest BCUT2D eigenvalue weighted by Gasteiger charge is 2.36. The van der Waals surface area contributed by atoms with E-state index in [-0.39, 0.29) is 11.6 Å². The number of halogens is 4. The van der Waals surface area contributed by atoms with Gasteiger partial charge in [-0.15, -0.1) is 0 Å². The fraction of sp³-hybridized carbons (Fsp3) is 0.462. The summed E-state index contributed by atoms with van der Waals surface area (Å²) >= 11 is 0. The molecular formula is C13H13F4NO2. The Morgan fingerprint density at radius 1 is 1.40 bits per heavy atom. The molecule has 1 unspecified atom stereocenters. The fourth-order valence-corrected chi connectivity index (χ4v) is 1.84. The Balaban J connectivity index is 2.35. The molecule has 0 heterocycles. The molecule has 2 rings (SSSR count). The number of ether oxygens (including phenoxy) is 1. The molecule has 1 atom stereocenters. The molecule has 0 aliphatic heterocycles. The molecule has 3 nitrogen and oxygen atoms in total. The standard InChI is InChI=1S/C13H13F4NO2/c1-20-12(19)11(18-8-3-4-8)7-2-5-10(14)9(6-7)13(15,16)17/h2,5-6,8,11,18H,3-4H2,1H3. The van der Waals surface area contributed by atoms with Gasteiger partial charge in [0.1, 0.15) is 11.9 Å². The molecule has 1 saturated carbocycles. The zero-order chi connectivity index (χ0) is 14.9. The molecule has 1 fully saturated rings. The summed E-state index contributed by atoms with van der Waals surface area (Å²) in [6.07, 6.45) is -3.11. The second-order valence-electron chi connectivity index (χ2n) is 4.63. The first kappa shape index (κ1) is 14.8. The van der Waals surface area contributed by atoms with E-state index in [9.17, 15) is 22.4 Å². The number of hydrogen-bond acceptors (Lipinski definition) is 3. The molecule has 0 amide bonds. The molecule has 0 radical (unpaired) electrons. The van der Waals surface area contributed by atoms with Crippen LogP contribution in [0.1, 0.15) is 30.0 Å². The van der Waals surface area contributed by atoms with Gasteiger partial charge in [0.25, 0.3) is 0 Å². The number of carbonyl (C=O) groups excluding carboxylic acids is 1. The van der Waals surface area contributed by atoms with Crippen LogP contribution in [0.3, 0.4) is 0 Å². The molecule has 20 heavy (non-hydrogen) atoms. The molecule has 0 bridgehead atoms. The first-order valence-electron chi connectivity index (χ1n) is 6.03. The first-order chi connectivity index (χ1) is 9.32. The molecule has 0 saturated heterocycles. The summed E-state index contributed by atoms with van der Waals surface area (Å²) in [5.41, 5.74) is -1.35. The van der Waals surface area contributed by atoms with Gasteiger partial charge in [0.05, 0.1) is 12.7 Å². The number of alkyl halides is 3. The maximum atomic E-state index is 13.2. The maximum Gasteiger partial charge on any atom is 0.419 e. The minimum Gasteiger partial charge on any atom is -0.468 e. The normalized spacial score (nSPS) is 16.9. The average Bonchev–Trinajstić information content (AvgIpc) is 3.18. The lowest BCUT2D eigenvalue weighted by molar-refractivity contribution is -0.144. The summed E-state index contributed by atoms with van der Waals surface area (Å²) in [5.74, 6) is -2.06. The molecule has 1 aromatic carbocycles. The molecule has 0 spiro atoms. The maximum absolute atomic E-state index is 13.2. The van der Waals surface area contributed by atoms with Gasteiger partial charge >= 0.3 is 12.1 Å². The smallest absolute Gasteiger partial charge is 0.419 e. The van der Waals surface area contributed by atoms with Crippen LogP contribution in [0, 0.1) is 5.82 Å². The van der Waals surface area contributed by atoms with Gasteiger partial charge in [-0.2, -0.15) is 13.2 Å². The highest BCUT2D eigenvalue weighted by atomic mass is 19.4. The predicted molar refractivity (Wildman–Crippen MR) is 62.3 cm³/mol. The number of nitrogens with one attached hydrogen (secondary N) is 1. The molecule has 1 aliphatic rings. The summed E-state index contributed by atoms with van der Waals surface area (Å²) in [6, 6.07) is 1.57. The highest BCUT2D eigenvalue weighted by Crippen LogP contribution is 2.34. The van der Waals surface area contributed by atoms with Crippen molar-refractivity contribution in [1.82, 2.24) is 5.32 Å². The third-order valence-corrected chi connectivity index (χ3v) is 3.05. The Hall–Kier alpha value is -1.63. The number of carbonyl (C=O) groups is 1. The number of esters is 1. The fourth-order valence-electron chi connectivity index (χ4n) is 1.84. The van der Waals surface area contributed by atoms with E-state index < -0.39 is 29.6 Å². The topological polar surface area (TPSA) is 38.3 Å². The average molecular weight is 291 g/mol. The lowest BCUT2D eigenvalue weighted by atomic mass is 10.0. The molecule has 0 aromatic heterocycles. The van der Waals surface area contributed by atoms with Crippen molar-refractivity contribution in [1.29, 1.82) is 0 Å². The number of rotatable bonds is 4. The van der Waals surface area contributed by atoms with Gasteiger partial charge in [0.2, 0.25) is 0 Å². The van der Waals surface area contributed by atoms with Crippen LogP contribution in [0.15, 0.2) is 18.2 Å². The van der Waals surface area contributed by atoms with Crippen molar-refractivity contribution in [3.8, 4) is 0 Å². The summed E-state index contributed by atoms with van der Waals surface area (Å²) in [7, 11) is 1.15. The van der Waals surface area contributed by atoms with Crippen molar-refractivity contribution in [3.63, 3.8) is 0 Å². The third-order valence-electron chi connectivity index (χ3n) is 3.05. The number of hydrogen-bond donors (Lipinski definition) is 1. The largest absolute Gasteiger partial charge is 0.468 e. The second kappa shape index (κ2) is 5.40. The second-order valence-corrected chi connectivity index (χ2v) is 4.63. The van der Waals surface area contributed by atoms with E-state index in [1.807, 2.05) is 0 Å². The SMILES string of the molecule is COC(=O)C(NC1CC1)c1ccc(F)c(C(F)(F)F)c1. The van der Waals surface area contributed by atoms with E-state index in [2.05, 4.69) is 10.1 Å². The number of methoxy groups -OCH3 is 1. The quantitative estimate of drug-likeness (QED) is 0.685. The predicted octanol–water partition coefficient (Wildman–Crippen LogP) is 2.81. The minimum absolute atomic E-state index is 0.0393. The Kier molecular flexibility index (Phi) is 3.99. The van der Waals surface area contributed by atoms with Crippen LogP contribution in [0.2, 0.25) is 0 Å². The molecular weight excluding hydrogens is 278 g/mol. The van der Waals surface area contributed by atoms with Crippen LogP contribution in [0.4, 0.5) is 17.6 Å². The van der Waals surface area contributed by atoms with Gasteiger partial charge < -0.3 is 4.74 Å². The van der Waals surface area contributed by atoms with Crippen LogP contribution >= 0.6 is 0 Å². The van der Waals surface area contributed by atoms with E-state index in [1.165, 1.54) is 0 Å². The highest BCUT2D eigenvalue weighted by molar-refractivity contribution is 5.77. The van der Waals surface area contributed by atoms with Crippen LogP contribution in [-0.4, -0.2) is 19.1 Å². The van der Waals surface area contributed by atoms with E-state index >= 15 is 0 Å². The Bertz CT molecular complexity index is 512. The van der Waals surface area contributed by atoms with Gasteiger partial charge in [-0.05, 0) is 30.5 Å². The summed E-state index contributed by atoms with van der Waals surface area (Å²) < 4.78 is 55.8. The van der Waals surface area contributed by atoms with E-state index in [1.54, 1.807) is 0 Å². The lowest BCUT2D eigenvalue weighted by Crippen LogP contribution is -2.31. The van der Waals surface area contributed by atoms with Gasteiger partial charge in [-0.3, -0.25) is 5.32 Å². The van der Waals surface area contributed by atoms with Crippen LogP contribution < -0.4 is 5.32 Å². The zero-order valence-electron chi connectivity index (χ0n) is 10.6. The summed E-state index contributed by atoms with van der Waals surface area (Å²) in [4.78, 5) is 11.7. The van der Waals surface area contributed by atoms with Gasteiger partial charge in [-0.1, -0.05) is 6.07 Å². The van der Waals surface area contributed by atoms with E-state index in [0.29, 0.717) is 12.1 Å². The Morgan fingerprint density at radius 3 is 2.55 bits per heavy atom. The van der Waals surface area contributed by atoms with Crippen LogP contribution in [-0.2, 0) is 15.7 Å². The van der Waals surface area contributed by atoms with E-state index in [4.69, 9.17) is 0 Å². The third kappa shape index (κ3) is 3.27. The number of benzene rings is 1. The van der Waals surface area contributed by atoms with Crippen LogP contribution in [0.25, 0.3) is 0 Å². The minimum atomic E-state index is -4.81. The summed E-state index contributed by atoms with van der Waals surface area (Å²) in [6.45, 7) is 0. The first-order valence-corrected chi connectivity index (χ1v) is 6.03. The van der Waals surface area contributed by atoms with Crippen molar-refractivity contribution in [2.24, 2.45) is 0 Å². The molecule has 1 aliphatic carbocycles. The van der Waals surface area contributed by atoms with Crippen molar-refractivity contribution in [2.45, 2.75) is 31.1 Å². The molecule has 7 heteroatoms. The molecule has 1 N–H and O–H groups in total. The Morgan fingerprint density at radius 2 is 2.05 bits per heavy atom. The lowest BCUT2D eigenvalue weighted by Gasteiger charge is -2.18. The Labute approximate surface area is 112 Å². The zero-order valence-corrected chi connectivity index (χ0v) is 10.6. The monoisotopic (exact) mass is 291 g/mol. The van der Waals surface area contributed by atoms with E-state index in [0.717, 1.165) is 26.0 Å². The van der Waals surface area contributed by atoms with Crippen LogP contribution in [0.5, 0.6) is 0 Å². The van der Waals surface area contributed by atoms with Crippen molar-refractivity contribution >= 4 is 5.97 Å². The summed E-state index contributed by atoms with van der Waals surface area (Å²) in [5, 5.41) is 2.89. The van der Waals surface area contributed by atoms with Crippen molar-refractivity contribution in [2.75, 3.05) is 7.11 Å². The van der Waals surface area contributed by atoms with Gasteiger partial charge in [-0.25, -0.2) is 9.18 Å².